The lowest BCUT2D eigenvalue weighted by Crippen LogP contribution is -2.26. The van der Waals surface area contributed by atoms with Crippen molar-refractivity contribution in [3.05, 3.63) is 84.2 Å². The van der Waals surface area contributed by atoms with E-state index < -0.39 is 6.09 Å². The third-order valence-electron chi connectivity index (χ3n) is 4.63. The lowest BCUT2D eigenvalue weighted by Gasteiger charge is -2.13. The van der Waals surface area contributed by atoms with Crippen LogP contribution in [0.25, 0.3) is 0 Å². The summed E-state index contributed by atoms with van der Waals surface area (Å²) >= 11 is 0. The maximum atomic E-state index is 12.3. The highest BCUT2D eigenvalue weighted by molar-refractivity contribution is 5.91. The van der Waals surface area contributed by atoms with Crippen LogP contribution in [0.5, 0.6) is 11.5 Å². The highest BCUT2D eigenvalue weighted by Crippen LogP contribution is 2.31. The number of amides is 2. The van der Waals surface area contributed by atoms with Crippen molar-refractivity contribution in [2.75, 3.05) is 19.0 Å². The van der Waals surface area contributed by atoms with E-state index in [0.717, 1.165) is 11.1 Å². The molecule has 0 radical (unpaired) electrons. The maximum Gasteiger partial charge on any atom is 0.407 e. The summed E-state index contributed by atoms with van der Waals surface area (Å²) in [7, 11) is 1.56. The Morgan fingerprint density at radius 2 is 1.76 bits per heavy atom. The van der Waals surface area contributed by atoms with Gasteiger partial charge in [-0.15, -0.1) is 0 Å². The summed E-state index contributed by atoms with van der Waals surface area (Å²) in [6.45, 7) is 0.868. The summed E-state index contributed by atoms with van der Waals surface area (Å²) in [5, 5.41) is 5.48. The summed E-state index contributed by atoms with van der Waals surface area (Å²) < 4.78 is 16.3. The zero-order valence-electron chi connectivity index (χ0n) is 18.5. The number of pyridine rings is 1. The number of hydrogen-bond acceptors (Lipinski definition) is 6. The summed E-state index contributed by atoms with van der Waals surface area (Å²) in [5.41, 5.74) is 2.43. The molecule has 172 valence electrons. The molecule has 2 amide bonds. The first-order valence-corrected chi connectivity index (χ1v) is 10.6. The minimum absolute atomic E-state index is 0.169. The fourth-order valence-corrected chi connectivity index (χ4v) is 2.95. The van der Waals surface area contributed by atoms with Gasteiger partial charge in [-0.2, -0.15) is 0 Å². The average molecular weight is 450 g/mol. The molecule has 0 fully saturated rings. The van der Waals surface area contributed by atoms with Gasteiger partial charge in [0.1, 0.15) is 13.2 Å². The second-order valence-electron chi connectivity index (χ2n) is 7.16. The van der Waals surface area contributed by atoms with E-state index in [2.05, 4.69) is 15.6 Å². The fourth-order valence-electron chi connectivity index (χ4n) is 2.95. The molecular weight excluding hydrogens is 422 g/mol. The number of benzene rings is 2. The average Bonchev–Trinajstić information content (AvgIpc) is 2.85. The van der Waals surface area contributed by atoms with E-state index in [9.17, 15) is 9.59 Å². The molecule has 0 aliphatic carbocycles. The van der Waals surface area contributed by atoms with Crippen molar-refractivity contribution >= 4 is 17.7 Å². The van der Waals surface area contributed by atoms with E-state index in [1.807, 2.05) is 42.5 Å². The zero-order chi connectivity index (χ0) is 23.3. The Morgan fingerprint density at radius 1 is 0.939 bits per heavy atom. The Bertz CT molecular complexity index is 1030. The van der Waals surface area contributed by atoms with Gasteiger partial charge in [0.05, 0.1) is 7.11 Å². The molecule has 0 aliphatic rings. The molecule has 8 heteroatoms. The Hall–Kier alpha value is -4.07. The predicted octanol–water partition coefficient (Wildman–Crippen LogP) is 4.31. The number of carbonyl (C=O) groups excluding carboxylic acids is 2. The summed E-state index contributed by atoms with van der Waals surface area (Å²) in [6.07, 6.45) is 3.64. The van der Waals surface area contributed by atoms with Crippen LogP contribution in [-0.4, -0.2) is 30.6 Å². The van der Waals surface area contributed by atoms with Gasteiger partial charge in [0, 0.05) is 42.7 Å². The molecule has 0 atom stereocenters. The SMILES string of the molecule is COc1ccc(NC(=O)CCCNC(=O)OCc2ccccc2)cc1OCc1cccnc1. The second kappa shape index (κ2) is 12.7. The quantitative estimate of drug-likeness (QED) is 0.423. The molecule has 1 aromatic heterocycles. The van der Waals surface area contributed by atoms with Crippen molar-refractivity contribution < 1.29 is 23.8 Å². The Balaban J connectivity index is 1.39. The van der Waals surface area contributed by atoms with Crippen molar-refractivity contribution in [1.82, 2.24) is 10.3 Å². The third-order valence-corrected chi connectivity index (χ3v) is 4.63. The summed E-state index contributed by atoms with van der Waals surface area (Å²) in [5.74, 6) is 0.912. The normalized spacial score (nSPS) is 10.2. The number of methoxy groups -OCH3 is 1. The number of nitrogens with one attached hydrogen (secondary N) is 2. The number of carbonyl (C=O) groups is 2. The standard InChI is InChI=1S/C25H27N3O5/c1-31-22-12-11-21(15-23(22)32-18-20-9-5-13-26-16-20)28-24(29)10-6-14-27-25(30)33-17-19-7-3-2-4-8-19/h2-5,7-9,11-13,15-16H,6,10,14,17-18H2,1H3,(H,27,30)(H,28,29). The summed E-state index contributed by atoms with van der Waals surface area (Å²) in [6, 6.07) is 18.4. The molecule has 3 rings (SSSR count). The van der Waals surface area contributed by atoms with E-state index in [0.29, 0.717) is 36.8 Å². The van der Waals surface area contributed by atoms with Crippen LogP contribution in [0.1, 0.15) is 24.0 Å². The maximum absolute atomic E-state index is 12.3. The monoisotopic (exact) mass is 449 g/mol. The Kier molecular flexibility index (Phi) is 9.08. The van der Waals surface area contributed by atoms with E-state index >= 15 is 0 Å². The number of aromatic nitrogens is 1. The van der Waals surface area contributed by atoms with Crippen LogP contribution in [0.3, 0.4) is 0 Å². The molecule has 0 spiro atoms. The second-order valence-corrected chi connectivity index (χ2v) is 7.16. The largest absolute Gasteiger partial charge is 0.493 e. The van der Waals surface area contributed by atoms with Crippen molar-refractivity contribution in [3.63, 3.8) is 0 Å². The molecule has 2 N–H and O–H groups in total. The van der Waals surface area contributed by atoms with Gasteiger partial charge in [-0.1, -0.05) is 36.4 Å². The molecule has 2 aromatic carbocycles. The van der Waals surface area contributed by atoms with Crippen LogP contribution in [0.4, 0.5) is 10.5 Å². The smallest absolute Gasteiger partial charge is 0.407 e. The van der Waals surface area contributed by atoms with Crippen molar-refractivity contribution in [2.24, 2.45) is 0 Å². The number of rotatable bonds is 11. The van der Waals surface area contributed by atoms with Gasteiger partial charge in [-0.25, -0.2) is 4.79 Å². The third kappa shape index (κ3) is 8.17. The van der Waals surface area contributed by atoms with Gasteiger partial charge in [-0.3, -0.25) is 9.78 Å². The fraction of sp³-hybridized carbons (Fsp3) is 0.240. The molecule has 0 aliphatic heterocycles. The minimum atomic E-state index is -0.509. The van der Waals surface area contributed by atoms with Crippen molar-refractivity contribution in [3.8, 4) is 11.5 Å². The van der Waals surface area contributed by atoms with Crippen LogP contribution in [0, 0.1) is 0 Å². The molecule has 0 saturated heterocycles. The van der Waals surface area contributed by atoms with E-state index in [-0.39, 0.29) is 18.9 Å². The molecule has 8 nitrogen and oxygen atoms in total. The number of anilines is 1. The molecular formula is C25H27N3O5. The molecule has 3 aromatic rings. The molecule has 1 heterocycles. The van der Waals surface area contributed by atoms with E-state index in [1.54, 1.807) is 37.7 Å². The zero-order valence-corrected chi connectivity index (χ0v) is 18.5. The lowest BCUT2D eigenvalue weighted by molar-refractivity contribution is -0.116. The van der Waals surface area contributed by atoms with Crippen molar-refractivity contribution in [2.45, 2.75) is 26.1 Å². The highest BCUT2D eigenvalue weighted by atomic mass is 16.5. The molecule has 0 saturated carbocycles. The number of alkyl carbamates (subject to hydrolysis) is 1. The van der Waals surface area contributed by atoms with Gasteiger partial charge in [0.2, 0.25) is 5.91 Å². The van der Waals surface area contributed by atoms with Gasteiger partial charge in [0.25, 0.3) is 0 Å². The number of nitrogens with zero attached hydrogens (tertiary/aromatic N) is 1. The topological polar surface area (TPSA) is 98.8 Å². The molecule has 0 bridgehead atoms. The Morgan fingerprint density at radius 3 is 2.52 bits per heavy atom. The first-order valence-electron chi connectivity index (χ1n) is 10.6. The minimum Gasteiger partial charge on any atom is -0.493 e. The van der Waals surface area contributed by atoms with Gasteiger partial charge in [-0.05, 0) is 30.2 Å². The van der Waals surface area contributed by atoms with E-state index in [1.165, 1.54) is 0 Å². The molecule has 33 heavy (non-hydrogen) atoms. The number of hydrogen-bond donors (Lipinski definition) is 2. The van der Waals surface area contributed by atoms with Crippen molar-refractivity contribution in [1.29, 1.82) is 0 Å². The van der Waals surface area contributed by atoms with Crippen LogP contribution in [0.15, 0.2) is 73.1 Å². The first-order chi connectivity index (χ1) is 16.1. The highest BCUT2D eigenvalue weighted by Gasteiger charge is 2.09. The van der Waals surface area contributed by atoms with Gasteiger partial charge in [0.15, 0.2) is 11.5 Å². The number of ether oxygens (including phenoxy) is 3. The van der Waals surface area contributed by atoms with Crippen LogP contribution in [0.2, 0.25) is 0 Å². The van der Waals surface area contributed by atoms with Crippen LogP contribution >= 0.6 is 0 Å². The Labute approximate surface area is 192 Å². The molecule has 0 unspecified atom stereocenters. The van der Waals surface area contributed by atoms with E-state index in [4.69, 9.17) is 14.2 Å². The van der Waals surface area contributed by atoms with Crippen LogP contribution < -0.4 is 20.1 Å². The predicted molar refractivity (Wildman–Crippen MR) is 124 cm³/mol. The lowest BCUT2D eigenvalue weighted by atomic mass is 10.2. The van der Waals surface area contributed by atoms with Gasteiger partial charge >= 0.3 is 6.09 Å². The van der Waals surface area contributed by atoms with Crippen LogP contribution in [-0.2, 0) is 22.7 Å². The first kappa shape index (κ1) is 23.6. The summed E-state index contributed by atoms with van der Waals surface area (Å²) in [4.78, 5) is 28.1. The van der Waals surface area contributed by atoms with Gasteiger partial charge < -0.3 is 24.8 Å².